The monoisotopic (exact) mass is 453 g/mol. The van der Waals surface area contributed by atoms with Gasteiger partial charge in [0.15, 0.2) is 0 Å². The number of hydrogen-bond donors (Lipinski definition) is 1. The van der Waals surface area contributed by atoms with Crippen molar-refractivity contribution in [2.45, 2.75) is 19.1 Å². The second kappa shape index (κ2) is 8.67. The van der Waals surface area contributed by atoms with E-state index in [-0.39, 0.29) is 11.9 Å². The highest BCUT2D eigenvalue weighted by atomic mass is 35.5. The zero-order valence-electron chi connectivity index (χ0n) is 17.1. The first kappa shape index (κ1) is 21.9. The van der Waals surface area contributed by atoms with Crippen LogP contribution in [-0.2, 0) is 6.18 Å². The molecule has 0 saturated heterocycles. The van der Waals surface area contributed by atoms with Crippen LogP contribution in [0.25, 0.3) is 21.9 Å². The molecule has 0 aliphatic carbocycles. The maximum Gasteiger partial charge on any atom is 0.416 e. The number of rotatable bonds is 4. The van der Waals surface area contributed by atoms with E-state index in [1.807, 2.05) is 49.4 Å². The molecule has 1 amide bonds. The van der Waals surface area contributed by atoms with Crippen LogP contribution in [0.2, 0.25) is 5.02 Å². The molecule has 0 aliphatic heterocycles. The minimum Gasteiger partial charge on any atom is -0.345 e. The Balaban J connectivity index is 1.62. The van der Waals surface area contributed by atoms with Gasteiger partial charge in [-0.15, -0.1) is 0 Å². The molecule has 4 rings (SSSR count). The minimum atomic E-state index is -4.37. The summed E-state index contributed by atoms with van der Waals surface area (Å²) in [6.07, 6.45) is -4.37. The molecule has 4 aromatic carbocycles. The average molecular weight is 454 g/mol. The van der Waals surface area contributed by atoms with Crippen molar-refractivity contribution in [3.63, 3.8) is 0 Å². The lowest BCUT2D eigenvalue weighted by Gasteiger charge is -2.16. The first-order chi connectivity index (χ1) is 15.2. The number of carbonyl (C=O) groups is 1. The molecule has 1 unspecified atom stereocenters. The standard InChI is InChI=1S/C26H19ClF3NO/c1-16(21-6-2-3-8-24(21)27)31-25(32)19-11-14-23-18(15-19)5-4-7-22(23)17-9-12-20(13-10-17)26(28,29)30/h2-16H,1H3,(H,31,32). The maximum absolute atomic E-state index is 12.9. The summed E-state index contributed by atoms with van der Waals surface area (Å²) >= 11 is 6.22. The lowest BCUT2D eigenvalue weighted by molar-refractivity contribution is -0.137. The van der Waals surface area contributed by atoms with Gasteiger partial charge >= 0.3 is 6.18 Å². The van der Waals surface area contributed by atoms with Crippen LogP contribution in [0.15, 0.2) is 84.9 Å². The van der Waals surface area contributed by atoms with Crippen LogP contribution in [0.1, 0.15) is 34.5 Å². The van der Waals surface area contributed by atoms with Crippen LogP contribution in [0.3, 0.4) is 0 Å². The number of benzene rings is 4. The number of amides is 1. The SMILES string of the molecule is CC(NC(=O)c1ccc2c(-c3ccc(C(F)(F)F)cc3)cccc2c1)c1ccccc1Cl. The molecule has 32 heavy (non-hydrogen) atoms. The largest absolute Gasteiger partial charge is 0.416 e. The second-order valence-electron chi connectivity index (χ2n) is 7.53. The van der Waals surface area contributed by atoms with Crippen molar-refractivity contribution in [3.8, 4) is 11.1 Å². The molecule has 0 spiro atoms. The van der Waals surface area contributed by atoms with Gasteiger partial charge in [-0.1, -0.05) is 66.2 Å². The molecule has 0 heterocycles. The highest BCUT2D eigenvalue weighted by molar-refractivity contribution is 6.31. The summed E-state index contributed by atoms with van der Waals surface area (Å²) in [5.74, 6) is -0.237. The van der Waals surface area contributed by atoms with Gasteiger partial charge in [-0.25, -0.2) is 0 Å². The number of nitrogens with one attached hydrogen (secondary N) is 1. The van der Waals surface area contributed by atoms with Gasteiger partial charge in [-0.3, -0.25) is 4.79 Å². The summed E-state index contributed by atoms with van der Waals surface area (Å²) in [6.45, 7) is 1.86. The normalized spacial score (nSPS) is 12.5. The Kier molecular flexibility index (Phi) is 5.94. The van der Waals surface area contributed by atoms with Crippen molar-refractivity contribution in [1.29, 1.82) is 0 Å². The van der Waals surface area contributed by atoms with E-state index < -0.39 is 11.7 Å². The summed E-state index contributed by atoms with van der Waals surface area (Å²) in [4.78, 5) is 12.8. The van der Waals surface area contributed by atoms with Gasteiger partial charge in [0, 0.05) is 10.6 Å². The molecule has 0 fully saturated rings. The molecule has 0 radical (unpaired) electrons. The Labute approximate surface area is 188 Å². The van der Waals surface area contributed by atoms with Crippen LogP contribution in [0, 0.1) is 0 Å². The summed E-state index contributed by atoms with van der Waals surface area (Å²) in [5, 5.41) is 5.21. The zero-order chi connectivity index (χ0) is 22.9. The Morgan fingerprint density at radius 3 is 2.31 bits per heavy atom. The van der Waals surface area contributed by atoms with Gasteiger partial charge in [0.05, 0.1) is 11.6 Å². The molecular weight excluding hydrogens is 435 g/mol. The van der Waals surface area contributed by atoms with Crippen LogP contribution < -0.4 is 5.32 Å². The Morgan fingerprint density at radius 2 is 1.62 bits per heavy atom. The fraction of sp³-hybridized carbons (Fsp3) is 0.115. The molecule has 0 saturated carbocycles. The lowest BCUT2D eigenvalue weighted by Crippen LogP contribution is -2.26. The van der Waals surface area contributed by atoms with Gasteiger partial charge in [-0.2, -0.15) is 13.2 Å². The van der Waals surface area contributed by atoms with E-state index in [0.29, 0.717) is 16.1 Å². The van der Waals surface area contributed by atoms with Crippen molar-refractivity contribution < 1.29 is 18.0 Å². The Bertz CT molecular complexity index is 1280. The van der Waals surface area contributed by atoms with E-state index in [9.17, 15) is 18.0 Å². The van der Waals surface area contributed by atoms with Crippen LogP contribution >= 0.6 is 11.6 Å². The third kappa shape index (κ3) is 4.48. The summed E-state index contributed by atoms with van der Waals surface area (Å²) in [5.41, 5.74) is 2.10. The van der Waals surface area contributed by atoms with Gasteiger partial charge < -0.3 is 5.32 Å². The van der Waals surface area contributed by atoms with E-state index >= 15 is 0 Å². The third-order valence-electron chi connectivity index (χ3n) is 5.39. The van der Waals surface area contributed by atoms with Gasteiger partial charge in [0.1, 0.15) is 0 Å². The van der Waals surface area contributed by atoms with E-state index in [1.54, 1.807) is 18.2 Å². The fourth-order valence-electron chi connectivity index (χ4n) is 3.70. The zero-order valence-corrected chi connectivity index (χ0v) is 17.8. The summed E-state index contributed by atoms with van der Waals surface area (Å²) < 4.78 is 38.6. The summed E-state index contributed by atoms with van der Waals surface area (Å²) in [7, 11) is 0. The Hall–Kier alpha value is -3.31. The van der Waals surface area contributed by atoms with Crippen molar-refractivity contribution in [1.82, 2.24) is 5.32 Å². The number of halogens is 4. The number of alkyl halides is 3. The number of hydrogen-bond acceptors (Lipinski definition) is 1. The lowest BCUT2D eigenvalue weighted by atomic mass is 9.96. The third-order valence-corrected chi connectivity index (χ3v) is 5.73. The molecule has 1 N–H and O–H groups in total. The fourth-order valence-corrected chi connectivity index (χ4v) is 4.00. The molecule has 0 aliphatic rings. The first-order valence-corrected chi connectivity index (χ1v) is 10.4. The van der Waals surface area contributed by atoms with Crippen LogP contribution in [0.5, 0.6) is 0 Å². The van der Waals surface area contributed by atoms with E-state index in [4.69, 9.17) is 11.6 Å². The average Bonchev–Trinajstić information content (AvgIpc) is 2.78. The van der Waals surface area contributed by atoms with E-state index in [2.05, 4.69) is 5.32 Å². The predicted molar refractivity (Wildman–Crippen MR) is 122 cm³/mol. The summed E-state index contributed by atoms with van der Waals surface area (Å²) in [6, 6.07) is 23.0. The highest BCUT2D eigenvalue weighted by Gasteiger charge is 2.30. The number of carbonyl (C=O) groups excluding carboxylic acids is 1. The molecule has 1 atom stereocenters. The molecule has 0 bridgehead atoms. The van der Waals surface area contributed by atoms with E-state index in [0.717, 1.165) is 34.0 Å². The molecule has 0 aromatic heterocycles. The van der Waals surface area contributed by atoms with Crippen molar-refractivity contribution in [3.05, 3.63) is 107 Å². The van der Waals surface area contributed by atoms with Gasteiger partial charge in [0.25, 0.3) is 5.91 Å². The van der Waals surface area contributed by atoms with Crippen molar-refractivity contribution in [2.24, 2.45) is 0 Å². The Morgan fingerprint density at radius 1 is 0.906 bits per heavy atom. The maximum atomic E-state index is 12.9. The van der Waals surface area contributed by atoms with Gasteiger partial charge in [0.2, 0.25) is 0 Å². The predicted octanol–water partition coefficient (Wildman–Crippen LogP) is 7.67. The molecular formula is C26H19ClF3NO. The highest BCUT2D eigenvalue weighted by Crippen LogP contribution is 2.33. The van der Waals surface area contributed by atoms with Crippen molar-refractivity contribution in [2.75, 3.05) is 0 Å². The van der Waals surface area contributed by atoms with E-state index in [1.165, 1.54) is 12.1 Å². The second-order valence-corrected chi connectivity index (χ2v) is 7.94. The molecule has 162 valence electrons. The van der Waals surface area contributed by atoms with Crippen LogP contribution in [-0.4, -0.2) is 5.91 Å². The molecule has 4 aromatic rings. The van der Waals surface area contributed by atoms with Crippen molar-refractivity contribution >= 4 is 28.3 Å². The molecule has 2 nitrogen and oxygen atoms in total. The quantitative estimate of drug-likeness (QED) is 0.337. The number of fused-ring (bicyclic) bond motifs is 1. The van der Waals surface area contributed by atoms with Crippen LogP contribution in [0.4, 0.5) is 13.2 Å². The smallest absolute Gasteiger partial charge is 0.345 e. The first-order valence-electron chi connectivity index (χ1n) is 10.00. The minimum absolute atomic E-state index is 0.237. The molecule has 6 heteroatoms. The van der Waals surface area contributed by atoms with Gasteiger partial charge in [-0.05, 0) is 64.7 Å². The topological polar surface area (TPSA) is 29.1 Å².